The van der Waals surface area contributed by atoms with Gasteiger partial charge >= 0.3 is 6.03 Å². The Morgan fingerprint density at radius 2 is 2.25 bits per heavy atom. The summed E-state index contributed by atoms with van der Waals surface area (Å²) in [5.41, 5.74) is 2.64. The van der Waals surface area contributed by atoms with E-state index in [0.29, 0.717) is 6.10 Å². The smallest absolute Gasteiger partial charge is 0.315 e. The molecular weight excluding hydrogens is 304 g/mol. The molecule has 1 heterocycles. The number of aryl methyl sites for hydroxylation is 1. The lowest BCUT2D eigenvalue weighted by molar-refractivity contribution is -0.169. The molecule has 1 spiro atoms. The predicted molar refractivity (Wildman–Crippen MR) is 90.7 cm³/mol. The van der Waals surface area contributed by atoms with Crippen molar-refractivity contribution in [2.45, 2.75) is 70.1 Å². The Balaban J connectivity index is 1.37. The van der Waals surface area contributed by atoms with Crippen molar-refractivity contribution >= 4 is 6.03 Å². The van der Waals surface area contributed by atoms with Crippen LogP contribution in [0, 0.1) is 5.41 Å². The predicted octanol–water partition coefficient (Wildman–Crippen LogP) is 2.44. The molecule has 3 aliphatic carbocycles. The van der Waals surface area contributed by atoms with Gasteiger partial charge in [0.15, 0.2) is 0 Å². The van der Waals surface area contributed by atoms with E-state index in [0.717, 1.165) is 32.3 Å². The third-order valence-corrected chi connectivity index (χ3v) is 6.42. The molecule has 6 heteroatoms. The van der Waals surface area contributed by atoms with Crippen LogP contribution in [0.15, 0.2) is 6.20 Å². The maximum atomic E-state index is 12.5. The number of carbonyl (C=O) groups is 1. The number of fused-ring (bicyclic) bond motifs is 1. The van der Waals surface area contributed by atoms with Crippen LogP contribution in [0.1, 0.15) is 62.7 Å². The lowest BCUT2D eigenvalue weighted by Gasteiger charge is -2.60. The van der Waals surface area contributed by atoms with E-state index in [4.69, 9.17) is 4.74 Å². The average Bonchev–Trinajstić information content (AvgIpc) is 2.87. The largest absolute Gasteiger partial charge is 0.378 e. The van der Waals surface area contributed by atoms with Crippen molar-refractivity contribution in [3.63, 3.8) is 0 Å². The van der Waals surface area contributed by atoms with Gasteiger partial charge < -0.3 is 15.4 Å². The fourth-order valence-corrected chi connectivity index (χ4v) is 4.85. The maximum Gasteiger partial charge on any atom is 0.315 e. The summed E-state index contributed by atoms with van der Waals surface area (Å²) in [6, 6.07) is 0.310. The summed E-state index contributed by atoms with van der Waals surface area (Å²) in [5, 5.41) is 10.7. The number of carbonyl (C=O) groups excluding carboxylic acids is 1. The Hall–Kier alpha value is -1.56. The van der Waals surface area contributed by atoms with E-state index in [-0.39, 0.29) is 23.5 Å². The average molecular weight is 332 g/mol. The van der Waals surface area contributed by atoms with Gasteiger partial charge in [-0.25, -0.2) is 4.79 Å². The fourth-order valence-electron chi connectivity index (χ4n) is 4.85. The second kappa shape index (κ2) is 6.06. The van der Waals surface area contributed by atoms with Crippen LogP contribution < -0.4 is 10.6 Å². The van der Waals surface area contributed by atoms with Crippen molar-refractivity contribution < 1.29 is 9.53 Å². The second-order valence-electron chi connectivity index (χ2n) is 7.55. The number of nitrogens with one attached hydrogen (secondary N) is 2. The van der Waals surface area contributed by atoms with Crippen molar-refractivity contribution in [2.75, 3.05) is 6.61 Å². The van der Waals surface area contributed by atoms with Crippen LogP contribution in [0.2, 0.25) is 0 Å². The van der Waals surface area contributed by atoms with Gasteiger partial charge in [-0.15, -0.1) is 0 Å². The zero-order valence-electron chi connectivity index (χ0n) is 14.7. The first-order valence-electron chi connectivity index (χ1n) is 9.33. The Morgan fingerprint density at radius 3 is 2.96 bits per heavy atom. The lowest BCUT2D eigenvalue weighted by atomic mass is 9.51. The normalized spacial score (nSPS) is 30.2. The number of ether oxygens (including phenoxy) is 1. The second-order valence-corrected chi connectivity index (χ2v) is 7.55. The molecule has 0 saturated heterocycles. The van der Waals surface area contributed by atoms with E-state index in [1.807, 2.05) is 24.9 Å². The molecule has 2 amide bonds. The van der Waals surface area contributed by atoms with E-state index in [2.05, 4.69) is 15.7 Å². The van der Waals surface area contributed by atoms with Crippen LogP contribution in [0.25, 0.3) is 0 Å². The summed E-state index contributed by atoms with van der Waals surface area (Å²) in [6.45, 7) is 2.81. The molecule has 0 bridgehead atoms. The van der Waals surface area contributed by atoms with E-state index in [1.165, 1.54) is 30.5 Å². The van der Waals surface area contributed by atoms with Crippen LogP contribution in [0.5, 0.6) is 0 Å². The molecule has 0 aliphatic heterocycles. The molecule has 24 heavy (non-hydrogen) atoms. The summed E-state index contributed by atoms with van der Waals surface area (Å²) >= 11 is 0. The number of amides is 2. The topological polar surface area (TPSA) is 68.2 Å². The monoisotopic (exact) mass is 332 g/mol. The van der Waals surface area contributed by atoms with Gasteiger partial charge in [0.25, 0.3) is 0 Å². The number of urea groups is 1. The SMILES string of the molecule is CCO[C@@H]1C[C@H](NC(=O)N[C@@H]2CCCc3c2cnn3C)C12CCC2. The molecule has 6 nitrogen and oxygen atoms in total. The number of rotatable bonds is 4. The van der Waals surface area contributed by atoms with Gasteiger partial charge in [0.05, 0.1) is 18.3 Å². The quantitative estimate of drug-likeness (QED) is 0.890. The Labute approximate surface area is 143 Å². The van der Waals surface area contributed by atoms with Crippen LogP contribution in [-0.2, 0) is 18.2 Å². The number of hydrogen-bond donors (Lipinski definition) is 2. The molecule has 2 N–H and O–H groups in total. The Kier molecular flexibility index (Phi) is 4.03. The number of hydrogen-bond acceptors (Lipinski definition) is 3. The minimum absolute atomic E-state index is 0.0390. The molecule has 2 saturated carbocycles. The van der Waals surface area contributed by atoms with Crippen LogP contribution in [0.3, 0.4) is 0 Å². The molecule has 0 aromatic carbocycles. The molecule has 0 unspecified atom stereocenters. The van der Waals surface area contributed by atoms with Gasteiger partial charge in [-0.05, 0) is 45.4 Å². The summed E-state index contributed by atoms with van der Waals surface area (Å²) in [5.74, 6) is 0. The highest BCUT2D eigenvalue weighted by Gasteiger charge is 2.59. The van der Waals surface area contributed by atoms with Gasteiger partial charge in [0.1, 0.15) is 0 Å². The molecule has 3 aliphatic rings. The first kappa shape index (κ1) is 15.9. The first-order chi connectivity index (χ1) is 11.6. The van der Waals surface area contributed by atoms with E-state index in [9.17, 15) is 4.79 Å². The van der Waals surface area contributed by atoms with E-state index < -0.39 is 0 Å². The van der Waals surface area contributed by atoms with Crippen molar-refractivity contribution in [3.05, 3.63) is 17.5 Å². The van der Waals surface area contributed by atoms with Crippen LogP contribution >= 0.6 is 0 Å². The van der Waals surface area contributed by atoms with Gasteiger partial charge in [-0.2, -0.15) is 5.10 Å². The molecule has 0 radical (unpaired) electrons. The zero-order valence-corrected chi connectivity index (χ0v) is 14.7. The first-order valence-corrected chi connectivity index (χ1v) is 9.33. The minimum Gasteiger partial charge on any atom is -0.378 e. The van der Waals surface area contributed by atoms with Crippen LogP contribution in [-0.4, -0.2) is 34.6 Å². The minimum atomic E-state index is -0.0390. The van der Waals surface area contributed by atoms with Gasteiger partial charge in [-0.1, -0.05) is 6.42 Å². The molecule has 2 fully saturated rings. The zero-order chi connectivity index (χ0) is 16.7. The van der Waals surface area contributed by atoms with Crippen molar-refractivity contribution in [1.29, 1.82) is 0 Å². The molecule has 132 valence electrons. The standard InChI is InChI=1S/C18H28N4O2/c1-3-24-16-10-15(18(16)8-5-9-18)21-17(23)20-13-6-4-7-14-12(13)11-19-22(14)2/h11,13,15-16H,3-10H2,1-2H3,(H2,20,21,23)/t13-,15+,16-/m1/s1. The summed E-state index contributed by atoms with van der Waals surface area (Å²) in [7, 11) is 1.98. The van der Waals surface area contributed by atoms with E-state index >= 15 is 0 Å². The van der Waals surface area contributed by atoms with Crippen molar-refractivity contribution in [1.82, 2.24) is 20.4 Å². The van der Waals surface area contributed by atoms with E-state index in [1.54, 1.807) is 0 Å². The van der Waals surface area contributed by atoms with Gasteiger partial charge in [-0.3, -0.25) is 4.68 Å². The summed E-state index contributed by atoms with van der Waals surface area (Å²) < 4.78 is 7.80. The highest BCUT2D eigenvalue weighted by molar-refractivity contribution is 5.75. The molecule has 4 rings (SSSR count). The molecule has 1 aromatic rings. The molecule has 3 atom stereocenters. The number of nitrogens with zero attached hydrogens (tertiary/aromatic N) is 2. The lowest BCUT2D eigenvalue weighted by Crippen LogP contribution is -2.68. The fraction of sp³-hybridized carbons (Fsp3) is 0.778. The van der Waals surface area contributed by atoms with Crippen molar-refractivity contribution in [2.24, 2.45) is 12.5 Å². The Bertz CT molecular complexity index is 623. The third-order valence-electron chi connectivity index (χ3n) is 6.42. The summed E-state index contributed by atoms with van der Waals surface area (Å²) in [6.07, 6.45) is 9.93. The van der Waals surface area contributed by atoms with Gasteiger partial charge in [0.2, 0.25) is 0 Å². The van der Waals surface area contributed by atoms with Crippen molar-refractivity contribution in [3.8, 4) is 0 Å². The highest BCUT2D eigenvalue weighted by Crippen LogP contribution is 2.57. The van der Waals surface area contributed by atoms with Gasteiger partial charge in [0, 0.05) is 36.4 Å². The third kappa shape index (κ3) is 2.42. The molecular formula is C18H28N4O2. The molecule has 1 aromatic heterocycles. The Morgan fingerprint density at radius 1 is 1.42 bits per heavy atom. The van der Waals surface area contributed by atoms with Crippen LogP contribution in [0.4, 0.5) is 4.79 Å². The number of aromatic nitrogens is 2. The maximum absolute atomic E-state index is 12.5. The highest BCUT2D eigenvalue weighted by atomic mass is 16.5. The summed E-state index contributed by atoms with van der Waals surface area (Å²) in [4.78, 5) is 12.5.